The van der Waals surface area contributed by atoms with Gasteiger partial charge in [0.05, 0.1) is 4.88 Å². The van der Waals surface area contributed by atoms with Crippen molar-refractivity contribution >= 4 is 55.8 Å². The molecular weight excluding hydrogens is 327 g/mol. The number of thiophene rings is 1. The first-order chi connectivity index (χ1) is 10.1. The van der Waals surface area contributed by atoms with Gasteiger partial charge in [-0.2, -0.15) is 0 Å². The smallest absolute Gasteiger partial charge is 0.262 e. The van der Waals surface area contributed by atoms with E-state index in [2.05, 4.69) is 0 Å². The Labute approximate surface area is 135 Å². The van der Waals surface area contributed by atoms with E-state index in [9.17, 15) is 9.59 Å². The monoisotopic (exact) mass is 336 g/mol. The minimum atomic E-state index is -0.411. The molecule has 0 atom stereocenters. The van der Waals surface area contributed by atoms with Crippen LogP contribution in [0.1, 0.15) is 20.0 Å². The van der Waals surface area contributed by atoms with Crippen LogP contribution < -0.4 is 0 Å². The van der Waals surface area contributed by atoms with Crippen molar-refractivity contribution in [3.8, 4) is 0 Å². The Morgan fingerprint density at radius 3 is 2.05 bits per heavy atom. The SMILES string of the molecule is O=C(Cl)c1ccc2ccccc2c1.O=C(Cl)c1cccs1. The van der Waals surface area contributed by atoms with Crippen molar-refractivity contribution in [3.63, 3.8) is 0 Å². The van der Waals surface area contributed by atoms with E-state index in [0.717, 1.165) is 10.8 Å². The third-order valence-electron chi connectivity index (χ3n) is 2.69. The fourth-order valence-corrected chi connectivity index (χ4v) is 2.57. The van der Waals surface area contributed by atoms with E-state index in [1.807, 2.05) is 35.7 Å². The minimum absolute atomic E-state index is 0.375. The van der Waals surface area contributed by atoms with E-state index in [0.29, 0.717) is 10.4 Å². The van der Waals surface area contributed by atoms with E-state index in [1.54, 1.807) is 24.3 Å². The zero-order valence-electron chi connectivity index (χ0n) is 10.8. The van der Waals surface area contributed by atoms with Gasteiger partial charge in [-0.25, -0.2) is 0 Å². The molecule has 0 saturated heterocycles. The maximum atomic E-state index is 10.9. The third kappa shape index (κ3) is 4.39. The van der Waals surface area contributed by atoms with Crippen LogP contribution in [0, 0.1) is 0 Å². The fraction of sp³-hybridized carbons (Fsp3) is 0. The summed E-state index contributed by atoms with van der Waals surface area (Å²) in [6.45, 7) is 0. The molecule has 2 nitrogen and oxygen atoms in total. The summed E-state index contributed by atoms with van der Waals surface area (Å²) in [6.07, 6.45) is 0. The molecule has 0 spiro atoms. The number of benzene rings is 2. The van der Waals surface area contributed by atoms with Crippen LogP contribution in [-0.2, 0) is 0 Å². The average Bonchev–Trinajstić information content (AvgIpc) is 3.02. The number of fused-ring (bicyclic) bond motifs is 1. The quantitative estimate of drug-likeness (QED) is 0.591. The molecule has 0 amide bonds. The number of carbonyl (C=O) groups excluding carboxylic acids is 2. The highest BCUT2D eigenvalue weighted by Crippen LogP contribution is 2.16. The van der Waals surface area contributed by atoms with Gasteiger partial charge >= 0.3 is 0 Å². The summed E-state index contributed by atoms with van der Waals surface area (Å²) in [5, 5.41) is 3.18. The van der Waals surface area contributed by atoms with E-state index in [4.69, 9.17) is 23.2 Å². The van der Waals surface area contributed by atoms with Gasteiger partial charge in [0, 0.05) is 5.56 Å². The summed E-state index contributed by atoms with van der Waals surface area (Å²) < 4.78 is 0. The Kier molecular flexibility index (Phi) is 5.51. The first-order valence-corrected chi connectivity index (χ1v) is 7.63. The van der Waals surface area contributed by atoms with Crippen molar-refractivity contribution in [3.05, 3.63) is 70.4 Å². The number of rotatable bonds is 2. The molecule has 0 aliphatic heterocycles. The molecule has 1 heterocycles. The zero-order valence-corrected chi connectivity index (χ0v) is 13.1. The Bertz CT molecular complexity index is 767. The molecule has 0 saturated carbocycles. The maximum absolute atomic E-state index is 10.9. The predicted molar refractivity (Wildman–Crippen MR) is 88.6 cm³/mol. The van der Waals surface area contributed by atoms with E-state index >= 15 is 0 Å². The molecule has 3 aromatic rings. The second kappa shape index (κ2) is 7.36. The van der Waals surface area contributed by atoms with Crippen LogP contribution in [0.4, 0.5) is 0 Å². The Morgan fingerprint density at radius 1 is 0.810 bits per heavy atom. The molecule has 0 unspecified atom stereocenters. The first-order valence-electron chi connectivity index (χ1n) is 6.00. The van der Waals surface area contributed by atoms with Crippen molar-refractivity contribution in [1.82, 2.24) is 0 Å². The summed E-state index contributed by atoms with van der Waals surface area (Å²) in [5.41, 5.74) is 0.542. The first kappa shape index (κ1) is 15.7. The molecule has 21 heavy (non-hydrogen) atoms. The summed E-state index contributed by atoms with van der Waals surface area (Å²) in [7, 11) is 0. The lowest BCUT2D eigenvalue weighted by Gasteiger charge is -1.98. The van der Waals surface area contributed by atoms with Gasteiger partial charge < -0.3 is 0 Å². The second-order valence-electron chi connectivity index (χ2n) is 4.09. The molecule has 106 valence electrons. The second-order valence-corrected chi connectivity index (χ2v) is 5.72. The number of halogens is 2. The molecule has 0 fully saturated rings. The van der Waals surface area contributed by atoms with Crippen molar-refractivity contribution < 1.29 is 9.59 Å². The van der Waals surface area contributed by atoms with Crippen LogP contribution in [-0.4, -0.2) is 10.5 Å². The highest BCUT2D eigenvalue weighted by atomic mass is 35.5. The van der Waals surface area contributed by atoms with Crippen molar-refractivity contribution in [2.24, 2.45) is 0 Å². The van der Waals surface area contributed by atoms with Gasteiger partial charge in [0.25, 0.3) is 10.5 Å². The lowest BCUT2D eigenvalue weighted by Crippen LogP contribution is -1.87. The van der Waals surface area contributed by atoms with Gasteiger partial charge in [-0.05, 0) is 57.6 Å². The maximum Gasteiger partial charge on any atom is 0.262 e. The topological polar surface area (TPSA) is 34.1 Å². The van der Waals surface area contributed by atoms with Crippen LogP contribution in [0.5, 0.6) is 0 Å². The van der Waals surface area contributed by atoms with Gasteiger partial charge in [-0.1, -0.05) is 36.4 Å². The lowest BCUT2D eigenvalue weighted by molar-refractivity contribution is 0.107. The number of hydrogen-bond acceptors (Lipinski definition) is 3. The van der Waals surface area contributed by atoms with Crippen LogP contribution in [0.2, 0.25) is 0 Å². The highest BCUT2D eigenvalue weighted by Gasteiger charge is 2.01. The average molecular weight is 337 g/mol. The van der Waals surface area contributed by atoms with Crippen LogP contribution in [0.3, 0.4) is 0 Å². The molecule has 5 heteroatoms. The Morgan fingerprint density at radius 2 is 1.52 bits per heavy atom. The molecule has 0 aliphatic rings. The zero-order chi connectivity index (χ0) is 15.2. The normalized spacial score (nSPS) is 9.81. The standard InChI is InChI=1S/C11H7ClO.C5H3ClOS/c12-11(13)10-6-5-8-3-1-2-4-9(8)7-10;6-5(7)4-2-1-3-8-4/h1-7H;1-3H. The summed E-state index contributed by atoms with van der Waals surface area (Å²) in [6, 6.07) is 16.8. The van der Waals surface area contributed by atoms with Gasteiger partial charge in [0.1, 0.15) is 0 Å². The van der Waals surface area contributed by atoms with Gasteiger partial charge in [-0.15, -0.1) is 11.3 Å². The van der Waals surface area contributed by atoms with E-state index in [1.165, 1.54) is 11.3 Å². The highest BCUT2D eigenvalue weighted by molar-refractivity contribution is 7.13. The van der Waals surface area contributed by atoms with Gasteiger partial charge in [0.2, 0.25) is 0 Å². The van der Waals surface area contributed by atoms with Crippen LogP contribution >= 0.6 is 34.5 Å². The predicted octanol–water partition coefficient (Wildman–Crippen LogP) is 5.35. The van der Waals surface area contributed by atoms with Crippen molar-refractivity contribution in [2.75, 3.05) is 0 Å². The Balaban J connectivity index is 0.000000173. The molecule has 0 N–H and O–H groups in total. The van der Waals surface area contributed by atoms with Crippen molar-refractivity contribution in [1.29, 1.82) is 0 Å². The summed E-state index contributed by atoms with van der Waals surface area (Å²) >= 11 is 11.8. The van der Waals surface area contributed by atoms with Crippen molar-refractivity contribution in [2.45, 2.75) is 0 Å². The van der Waals surface area contributed by atoms with E-state index < -0.39 is 5.24 Å². The number of carbonyl (C=O) groups is 2. The summed E-state index contributed by atoms with van der Waals surface area (Å²) in [5.74, 6) is 0. The van der Waals surface area contributed by atoms with E-state index in [-0.39, 0.29) is 5.24 Å². The largest absolute Gasteiger partial charge is 0.276 e. The Hall–Kier alpha value is -1.68. The molecule has 1 aromatic heterocycles. The van der Waals surface area contributed by atoms with Gasteiger partial charge in [-0.3, -0.25) is 9.59 Å². The summed E-state index contributed by atoms with van der Waals surface area (Å²) in [4.78, 5) is 21.7. The molecule has 0 bridgehead atoms. The fourth-order valence-electron chi connectivity index (χ4n) is 1.70. The van der Waals surface area contributed by atoms with Crippen LogP contribution in [0.25, 0.3) is 10.8 Å². The molecule has 2 aromatic carbocycles. The molecule has 0 aliphatic carbocycles. The molecule has 0 radical (unpaired) electrons. The minimum Gasteiger partial charge on any atom is -0.276 e. The molecular formula is C16H10Cl2O2S. The lowest BCUT2D eigenvalue weighted by atomic mass is 10.1. The van der Waals surface area contributed by atoms with Crippen LogP contribution in [0.15, 0.2) is 60.0 Å². The number of hydrogen-bond donors (Lipinski definition) is 0. The third-order valence-corrected chi connectivity index (χ3v) is 4.09. The molecule has 3 rings (SSSR count). The van der Waals surface area contributed by atoms with Gasteiger partial charge in [0.15, 0.2) is 0 Å².